The Hall–Kier alpha value is -2.87. The molecule has 0 aromatic heterocycles. The molecule has 0 aliphatic heterocycles. The van der Waals surface area contributed by atoms with E-state index in [1.807, 2.05) is 0 Å². The van der Waals surface area contributed by atoms with Crippen LogP contribution in [0.25, 0.3) is 32.3 Å². The van der Waals surface area contributed by atoms with Crippen LogP contribution in [-0.2, 0) is 57.4 Å². The maximum atomic E-state index is 14.3. The largest absolute Gasteiger partial charge is 1.00 e. The molecule has 0 aliphatic rings. The quantitative estimate of drug-likeness (QED) is 0.00435. The predicted molar refractivity (Wildman–Crippen MR) is 263 cm³/mol. The molecule has 75 heavy (non-hydrogen) atoms. The van der Waals surface area contributed by atoms with Crippen LogP contribution in [0.4, 0.5) is 0 Å². The minimum Gasteiger partial charge on any atom is -0.548 e. The Morgan fingerprint density at radius 2 is 0.920 bits per heavy atom. The summed E-state index contributed by atoms with van der Waals surface area (Å²) in [6.45, 7) is 16.0. The molecule has 4 aromatic carbocycles. The van der Waals surface area contributed by atoms with E-state index in [1.165, 1.54) is 31.2 Å². The Labute approximate surface area is 510 Å². The number of hydrogen-bond acceptors (Lipinski definition) is 20. The van der Waals surface area contributed by atoms with Crippen LogP contribution in [-0.4, -0.2) is 86.9 Å². The molecule has 0 saturated heterocycles. The van der Waals surface area contributed by atoms with Crippen molar-refractivity contribution in [2.75, 3.05) is 19.6 Å². The Morgan fingerprint density at radius 3 is 1.31 bits per heavy atom. The summed E-state index contributed by atoms with van der Waals surface area (Å²) in [5.74, 6) is -6.08. The maximum Gasteiger partial charge on any atom is 1.00 e. The molecular formula is C47H59N6Na3O16S3. The minimum atomic E-state index is -4.76. The number of unbranched alkanes of at least 4 members (excludes halogenated alkanes) is 3. The number of hydrogen-bond donors (Lipinski definition) is 7. The molecule has 7 N–H and O–H groups in total. The van der Waals surface area contributed by atoms with E-state index in [0.717, 1.165) is 0 Å². The minimum absolute atomic E-state index is 0. The van der Waals surface area contributed by atoms with Crippen molar-refractivity contribution in [3.8, 4) is 5.75 Å². The van der Waals surface area contributed by atoms with Gasteiger partial charge >= 0.3 is 88.7 Å². The maximum absolute atomic E-state index is 14.3. The molecule has 22 nitrogen and oxygen atoms in total. The number of rotatable bonds is 34. The summed E-state index contributed by atoms with van der Waals surface area (Å²) in [5.41, 5.74) is 5.43. The third kappa shape index (κ3) is 22.1. The van der Waals surface area contributed by atoms with Crippen LogP contribution in [0, 0.1) is 0 Å². The third-order valence-corrected chi connectivity index (χ3v) is 13.5. The number of sulfonamides is 1. The first-order valence-corrected chi connectivity index (χ1v) is 25.1. The van der Waals surface area contributed by atoms with E-state index < -0.39 is 56.9 Å². The van der Waals surface area contributed by atoms with Crippen LogP contribution in [0.2, 0.25) is 0 Å². The van der Waals surface area contributed by atoms with Crippen molar-refractivity contribution in [1.82, 2.24) is 31.6 Å². The van der Waals surface area contributed by atoms with Crippen LogP contribution in [0.5, 0.6) is 5.75 Å². The zero-order valence-electron chi connectivity index (χ0n) is 42.1. The molecule has 0 bridgehead atoms. The summed E-state index contributed by atoms with van der Waals surface area (Å²) in [6.07, 6.45) is 1.82. The fourth-order valence-electron chi connectivity index (χ4n) is 6.91. The second kappa shape index (κ2) is 35.6. The predicted octanol–water partition coefficient (Wildman–Crippen LogP) is -6.92. The normalized spacial score (nSPS) is 12.2. The van der Waals surface area contributed by atoms with Gasteiger partial charge in [0.2, 0.25) is 27.7 Å². The molecule has 394 valence electrons. The topological polar surface area (TPSA) is 335 Å². The van der Waals surface area contributed by atoms with Gasteiger partial charge in [0, 0.05) is 62.8 Å². The van der Waals surface area contributed by atoms with Gasteiger partial charge in [-0.15, -0.1) is 18.6 Å². The summed E-state index contributed by atoms with van der Waals surface area (Å²) in [6, 6.07) is 4.19. The molecule has 0 aliphatic carbocycles. The number of carboxylic acids is 3. The molecule has 3 amide bonds. The summed E-state index contributed by atoms with van der Waals surface area (Å²) >= 11 is 1.05. The fraction of sp³-hybridized carbons (Fsp3) is 0.404. The van der Waals surface area contributed by atoms with Gasteiger partial charge in [-0.25, -0.2) is 13.1 Å². The van der Waals surface area contributed by atoms with Crippen LogP contribution >= 0.6 is 24.1 Å². The Bertz CT molecular complexity index is 2760. The van der Waals surface area contributed by atoms with E-state index in [-0.39, 0.29) is 191 Å². The van der Waals surface area contributed by atoms with Crippen LogP contribution < -0.4 is 136 Å². The first kappa shape index (κ1) is 72.1. The van der Waals surface area contributed by atoms with Crippen LogP contribution in [0.3, 0.4) is 0 Å². The zero-order chi connectivity index (χ0) is 52.4. The zero-order valence-corrected chi connectivity index (χ0v) is 50.5. The number of phenols is 1. The van der Waals surface area contributed by atoms with E-state index in [2.05, 4.69) is 51.4 Å². The number of aromatic hydroxyl groups is 1. The number of phenolic OH excluding ortho intramolecular Hbond substituents is 1. The van der Waals surface area contributed by atoms with E-state index >= 15 is 0 Å². The molecule has 0 fully saturated rings. The van der Waals surface area contributed by atoms with Crippen LogP contribution in [0.15, 0.2) is 87.5 Å². The molecule has 0 heterocycles. The Kier molecular flexibility index (Phi) is 34.2. The molecule has 0 radical (unpaired) electrons. The van der Waals surface area contributed by atoms with E-state index in [9.17, 15) is 57.6 Å². The number of aliphatic carboxylic acids is 3. The first-order valence-electron chi connectivity index (χ1n) is 22.1. The summed E-state index contributed by atoms with van der Waals surface area (Å²) < 4.78 is 41.5. The molecule has 3 atom stereocenters. The van der Waals surface area contributed by atoms with Gasteiger partial charge in [0.15, 0.2) is 0 Å². The van der Waals surface area contributed by atoms with Crippen molar-refractivity contribution in [2.45, 2.75) is 119 Å². The van der Waals surface area contributed by atoms with Gasteiger partial charge in [-0.1, -0.05) is 45.4 Å². The van der Waals surface area contributed by atoms with Crippen molar-refractivity contribution < 1.29 is 165 Å². The number of amides is 3. The molecule has 0 spiro atoms. The summed E-state index contributed by atoms with van der Waals surface area (Å²) in [7, 11) is -4.76. The van der Waals surface area contributed by atoms with Gasteiger partial charge < -0.3 is 50.8 Å². The van der Waals surface area contributed by atoms with Crippen molar-refractivity contribution in [1.29, 1.82) is 0 Å². The van der Waals surface area contributed by atoms with Gasteiger partial charge in [-0.3, -0.25) is 14.4 Å². The smallest absolute Gasteiger partial charge is 0.548 e. The van der Waals surface area contributed by atoms with Crippen molar-refractivity contribution >= 4 is 102 Å². The number of carbonyl (C=O) groups is 6. The monoisotopic (exact) mass is 1130 g/mol. The second-order valence-corrected chi connectivity index (χ2v) is 19.5. The van der Waals surface area contributed by atoms with Gasteiger partial charge in [-0.05, 0) is 108 Å². The molecule has 4 rings (SSSR count). The van der Waals surface area contributed by atoms with Gasteiger partial charge in [-0.2, -0.15) is 11.0 Å². The number of carboxylic acid groups (broad SMARTS) is 3. The molecule has 28 heteroatoms. The number of carbonyl (C=O) groups excluding carboxylic acids is 6. The van der Waals surface area contributed by atoms with E-state index in [0.29, 0.717) is 83.5 Å². The fourth-order valence-corrected chi connectivity index (χ4v) is 9.57. The average Bonchev–Trinajstić information content (AvgIpc) is 3.31. The van der Waals surface area contributed by atoms with Gasteiger partial charge in [0.25, 0.3) is 0 Å². The standard InChI is InChI=1S/C46H58N6O16S3.CH4.3Na/c1-25(2)41(54)47-20-10-7-13-32(44(57)58)50-65-67-69-36-23-35(53)28-16-19-31-38(71(63,64)52-34(46(61)62)15-9-12-22-49-43(56)27(5)6)24-37(30-18-17-29(36)39(28)40(30)31)70-68-66-51-33(45(59)60)14-8-11-21-48-42(55)26(3)4;;;;/h16-19,23-24,32-34,50-53H,1,3,5,7-15,20-22H2,2,4,6H3,(H,47,54)(H,48,55)(H,49,56)(H,57,58)(H,59,60)(H,61,62);1H4;;;/q;;3*+1/p-3. The molecular weight excluding hydrogens is 1070 g/mol. The van der Waals surface area contributed by atoms with Crippen molar-refractivity contribution in [3.63, 3.8) is 0 Å². The van der Waals surface area contributed by atoms with Crippen molar-refractivity contribution in [2.24, 2.45) is 0 Å². The molecule has 3 unspecified atom stereocenters. The second-order valence-electron chi connectivity index (χ2n) is 16.4. The van der Waals surface area contributed by atoms with Gasteiger partial charge in [0.1, 0.15) is 5.75 Å². The first-order chi connectivity index (χ1) is 33.6. The van der Waals surface area contributed by atoms with Crippen LogP contribution in [0.1, 0.15) is 86.0 Å². The van der Waals surface area contributed by atoms with Gasteiger partial charge in [0.05, 0.1) is 69.9 Å². The SMILES string of the molecule is C.C=C(C)C(=O)NCCCCC(NOOSc1cc(O)c2ccc3c(S(=O)(=O)NC(CCCCNC(=O)C(=C)C)C(=O)[O-])cc(SOONC(CCCCNC(=O)C(=C)C)C(=O)[O-])c4ccc1c2c43)C(=O)[O-].[Na+].[Na+].[Na+]. The third-order valence-electron chi connectivity index (χ3n) is 10.7. The van der Waals surface area contributed by atoms with E-state index in [4.69, 9.17) is 18.6 Å². The number of benzene rings is 4. The van der Waals surface area contributed by atoms with Crippen molar-refractivity contribution in [3.05, 3.63) is 72.9 Å². The number of nitrogens with one attached hydrogen (secondary N) is 6. The average molecular weight is 1130 g/mol. The summed E-state index contributed by atoms with van der Waals surface area (Å²) in [5, 5.41) is 56.8. The van der Waals surface area contributed by atoms with E-state index in [1.54, 1.807) is 26.0 Å². The summed E-state index contributed by atoms with van der Waals surface area (Å²) in [4.78, 5) is 81.3. The Morgan fingerprint density at radius 1 is 0.573 bits per heavy atom. The Balaban J connectivity index is 0.0000137. The molecule has 4 aromatic rings. The molecule has 0 saturated carbocycles. The number of hydroxylamine groups is 2.